The molecule has 242 valence electrons. The minimum Gasteiger partial charge on any atom is -0.481 e. The second-order valence-corrected chi connectivity index (χ2v) is 11.7. The lowest BCUT2D eigenvalue weighted by Crippen LogP contribution is -2.27. The van der Waals surface area contributed by atoms with E-state index in [2.05, 4.69) is 31.6 Å². The SMILES string of the molecule is O=C(O)CCSCc1cccc(C(=O)Nc2ccc(N3CC=CCC3)cc2C(=O)Nc2ncc(-c3cccc(C(F)(F)F)c3)cn2)c1. The maximum atomic E-state index is 13.6. The molecule has 0 atom stereocenters. The van der Waals surface area contributed by atoms with Crippen molar-refractivity contribution in [2.24, 2.45) is 0 Å². The van der Waals surface area contributed by atoms with Gasteiger partial charge in [-0.05, 0) is 60.0 Å². The van der Waals surface area contributed by atoms with Crippen molar-refractivity contribution >= 4 is 46.9 Å². The topological polar surface area (TPSA) is 125 Å². The third-order valence-electron chi connectivity index (χ3n) is 7.24. The smallest absolute Gasteiger partial charge is 0.416 e. The Morgan fingerprint density at radius 2 is 1.68 bits per heavy atom. The Labute approximate surface area is 272 Å². The fourth-order valence-corrected chi connectivity index (χ4v) is 5.71. The molecule has 5 rings (SSSR count). The number of hydrogen-bond acceptors (Lipinski definition) is 7. The van der Waals surface area contributed by atoms with Gasteiger partial charge >= 0.3 is 12.1 Å². The van der Waals surface area contributed by atoms with Gasteiger partial charge < -0.3 is 15.3 Å². The quantitative estimate of drug-likeness (QED) is 0.114. The maximum absolute atomic E-state index is 13.6. The standard InChI is InChI=1S/C34H30F3N5O4S/c35-34(36,37)26-9-5-7-23(17-26)25-19-38-33(39-20-25)41-32(46)28-18-27(42-13-2-1-3-14-42)10-11-29(28)40-31(45)24-8-4-6-22(16-24)21-47-15-12-30(43)44/h1-2,4-11,16-20H,3,12-15,21H2,(H,40,45)(H,43,44)(H,38,39,41,46). The molecule has 0 fully saturated rings. The highest BCUT2D eigenvalue weighted by Gasteiger charge is 2.30. The predicted octanol–water partition coefficient (Wildman–Crippen LogP) is 7.14. The molecule has 3 aromatic carbocycles. The first-order valence-corrected chi connectivity index (χ1v) is 15.8. The average Bonchev–Trinajstić information content (AvgIpc) is 3.07. The molecule has 0 saturated carbocycles. The van der Waals surface area contributed by atoms with Crippen LogP contribution in [0.2, 0.25) is 0 Å². The van der Waals surface area contributed by atoms with Crippen molar-refractivity contribution in [3.63, 3.8) is 0 Å². The minimum atomic E-state index is -4.50. The van der Waals surface area contributed by atoms with Gasteiger partial charge in [-0.1, -0.05) is 36.4 Å². The summed E-state index contributed by atoms with van der Waals surface area (Å²) < 4.78 is 39.5. The molecule has 3 N–H and O–H groups in total. The van der Waals surface area contributed by atoms with Crippen molar-refractivity contribution in [3.05, 3.63) is 114 Å². The number of nitrogens with one attached hydrogen (secondary N) is 2. The highest BCUT2D eigenvalue weighted by Crippen LogP contribution is 2.32. The Balaban J connectivity index is 1.35. The molecule has 2 heterocycles. The number of carbonyl (C=O) groups is 3. The van der Waals surface area contributed by atoms with E-state index in [0.717, 1.165) is 36.3 Å². The van der Waals surface area contributed by atoms with Crippen molar-refractivity contribution < 1.29 is 32.7 Å². The van der Waals surface area contributed by atoms with Gasteiger partial charge in [0.2, 0.25) is 5.95 Å². The molecule has 47 heavy (non-hydrogen) atoms. The van der Waals surface area contributed by atoms with Gasteiger partial charge in [0.15, 0.2) is 0 Å². The number of amides is 2. The summed E-state index contributed by atoms with van der Waals surface area (Å²) in [7, 11) is 0. The number of rotatable bonds is 11. The number of carboxylic acids is 1. The number of anilines is 3. The summed E-state index contributed by atoms with van der Waals surface area (Å²) in [6.07, 6.45) is 3.15. The van der Waals surface area contributed by atoms with Gasteiger partial charge in [0.25, 0.3) is 11.8 Å². The third kappa shape index (κ3) is 8.97. The summed E-state index contributed by atoms with van der Waals surface area (Å²) >= 11 is 1.45. The third-order valence-corrected chi connectivity index (χ3v) is 8.27. The van der Waals surface area contributed by atoms with E-state index in [4.69, 9.17) is 5.11 Å². The van der Waals surface area contributed by atoms with Crippen molar-refractivity contribution in [3.8, 4) is 11.1 Å². The lowest BCUT2D eigenvalue weighted by Gasteiger charge is -2.26. The molecule has 0 saturated heterocycles. The first-order valence-electron chi connectivity index (χ1n) is 14.6. The lowest BCUT2D eigenvalue weighted by molar-refractivity contribution is -0.138. The van der Waals surface area contributed by atoms with E-state index in [-0.39, 0.29) is 29.2 Å². The first-order chi connectivity index (χ1) is 22.6. The molecule has 13 heteroatoms. The van der Waals surface area contributed by atoms with Gasteiger partial charge in [-0.2, -0.15) is 24.9 Å². The molecule has 1 aliphatic heterocycles. The van der Waals surface area contributed by atoms with E-state index < -0.39 is 29.5 Å². The number of hydrogen-bond donors (Lipinski definition) is 3. The second-order valence-electron chi connectivity index (χ2n) is 10.6. The van der Waals surface area contributed by atoms with Gasteiger partial charge in [-0.15, -0.1) is 0 Å². The molecule has 9 nitrogen and oxygen atoms in total. The molecule has 2 amide bonds. The van der Waals surface area contributed by atoms with E-state index in [1.165, 1.54) is 36.3 Å². The Kier molecular flexibility index (Phi) is 10.6. The van der Waals surface area contributed by atoms with Crippen LogP contribution in [0.5, 0.6) is 0 Å². The number of aromatic nitrogens is 2. The van der Waals surface area contributed by atoms with E-state index in [1.54, 1.807) is 30.3 Å². The van der Waals surface area contributed by atoms with Crippen molar-refractivity contribution in [1.29, 1.82) is 0 Å². The predicted molar refractivity (Wildman–Crippen MR) is 176 cm³/mol. The Hall–Kier alpha value is -5.17. The Morgan fingerprint density at radius 3 is 2.40 bits per heavy atom. The molecule has 0 radical (unpaired) electrons. The normalized spacial score (nSPS) is 12.9. The van der Waals surface area contributed by atoms with Crippen LogP contribution in [0.25, 0.3) is 11.1 Å². The van der Waals surface area contributed by atoms with Crippen LogP contribution in [0.15, 0.2) is 91.3 Å². The van der Waals surface area contributed by atoms with Crippen LogP contribution in [-0.2, 0) is 16.7 Å². The average molecular weight is 662 g/mol. The maximum Gasteiger partial charge on any atom is 0.416 e. The molecule has 1 aliphatic rings. The number of nitrogens with zero attached hydrogens (tertiary/aromatic N) is 3. The fraction of sp³-hybridized carbons (Fsp3) is 0.206. The van der Waals surface area contributed by atoms with Crippen LogP contribution in [0.1, 0.15) is 44.7 Å². The largest absolute Gasteiger partial charge is 0.481 e. The van der Waals surface area contributed by atoms with Crippen molar-refractivity contribution in [1.82, 2.24) is 9.97 Å². The summed E-state index contributed by atoms with van der Waals surface area (Å²) in [6, 6.07) is 16.9. The van der Waals surface area contributed by atoms with Crippen molar-refractivity contribution in [2.45, 2.75) is 24.8 Å². The number of alkyl halides is 3. The number of aliphatic carboxylic acids is 1. The molecule has 0 unspecified atom stereocenters. The summed E-state index contributed by atoms with van der Waals surface area (Å²) in [5.41, 5.74) is 2.23. The first kappa shape index (κ1) is 33.2. The number of carbonyl (C=O) groups excluding carboxylic acids is 2. The zero-order valence-electron chi connectivity index (χ0n) is 25.0. The number of halogens is 3. The number of benzene rings is 3. The molecule has 0 spiro atoms. The number of thioether (sulfide) groups is 1. The van der Waals surface area contributed by atoms with E-state index in [0.29, 0.717) is 29.2 Å². The summed E-state index contributed by atoms with van der Waals surface area (Å²) in [5.74, 6) is -0.986. The molecule has 4 aromatic rings. The number of carboxylic acid groups (broad SMARTS) is 1. The van der Waals surface area contributed by atoms with Crippen LogP contribution >= 0.6 is 11.8 Å². The molecular formula is C34H30F3N5O4S. The van der Waals surface area contributed by atoms with Crippen LogP contribution in [0.4, 0.5) is 30.5 Å². The second kappa shape index (κ2) is 14.9. The zero-order valence-corrected chi connectivity index (χ0v) is 25.8. The Bertz CT molecular complexity index is 1800. The Morgan fingerprint density at radius 1 is 0.894 bits per heavy atom. The summed E-state index contributed by atoms with van der Waals surface area (Å²) in [5, 5.41) is 14.3. The van der Waals surface area contributed by atoms with Gasteiger partial charge in [0.1, 0.15) is 0 Å². The highest BCUT2D eigenvalue weighted by molar-refractivity contribution is 7.98. The van der Waals surface area contributed by atoms with Crippen molar-refractivity contribution in [2.75, 3.05) is 34.4 Å². The summed E-state index contributed by atoms with van der Waals surface area (Å²) in [6.45, 7) is 1.41. The van der Waals surface area contributed by atoms with Crippen LogP contribution < -0.4 is 15.5 Å². The van der Waals surface area contributed by atoms with E-state index in [9.17, 15) is 27.6 Å². The molecule has 0 bridgehead atoms. The molecular weight excluding hydrogens is 631 g/mol. The van der Waals surface area contributed by atoms with E-state index >= 15 is 0 Å². The van der Waals surface area contributed by atoms with Gasteiger partial charge in [-0.25, -0.2) is 9.97 Å². The summed E-state index contributed by atoms with van der Waals surface area (Å²) in [4.78, 5) is 48.1. The van der Waals surface area contributed by atoms with Gasteiger partial charge in [0, 0.05) is 53.8 Å². The lowest BCUT2D eigenvalue weighted by atomic mass is 10.1. The fourth-order valence-electron chi connectivity index (χ4n) is 4.83. The van der Waals surface area contributed by atoms with Crippen LogP contribution in [0, 0.1) is 0 Å². The van der Waals surface area contributed by atoms with E-state index in [1.807, 2.05) is 18.2 Å². The van der Waals surface area contributed by atoms with Gasteiger partial charge in [-0.3, -0.25) is 19.7 Å². The minimum absolute atomic E-state index is 0.0460. The zero-order chi connectivity index (χ0) is 33.4. The van der Waals surface area contributed by atoms with Gasteiger partial charge in [0.05, 0.1) is 23.2 Å². The monoisotopic (exact) mass is 661 g/mol. The highest BCUT2D eigenvalue weighted by atomic mass is 32.2. The van der Waals surface area contributed by atoms with Crippen LogP contribution in [-0.4, -0.2) is 51.7 Å². The van der Waals surface area contributed by atoms with Crippen LogP contribution in [0.3, 0.4) is 0 Å². The molecule has 1 aromatic heterocycles. The molecule has 0 aliphatic carbocycles.